The van der Waals surface area contributed by atoms with Crippen LogP contribution in [0.5, 0.6) is 11.5 Å². The van der Waals surface area contributed by atoms with E-state index in [4.69, 9.17) is 21.1 Å². The maximum absolute atomic E-state index is 12.2. The van der Waals surface area contributed by atoms with Crippen LogP contribution in [-0.2, 0) is 13.6 Å². The van der Waals surface area contributed by atoms with Crippen LogP contribution in [0.15, 0.2) is 24.4 Å². The molecule has 0 saturated carbocycles. The van der Waals surface area contributed by atoms with E-state index in [9.17, 15) is 4.79 Å². The fourth-order valence-electron chi connectivity index (χ4n) is 2.14. The number of hydrogen-bond donors (Lipinski definition) is 1. The average molecular weight is 338 g/mol. The van der Waals surface area contributed by atoms with Crippen molar-refractivity contribution in [3.63, 3.8) is 0 Å². The standard InChI is InChI=1S/C16H20ClN3O3/c1-4-22-13-7-6-11(8-14(13)23-5-2)9-18-16(21)15-12(17)10-19-20(15)3/h6-8,10H,4-5,9H2,1-3H3,(H,18,21). The molecule has 0 aliphatic heterocycles. The lowest BCUT2D eigenvalue weighted by Gasteiger charge is -2.13. The predicted octanol–water partition coefficient (Wildman–Crippen LogP) is 2.80. The van der Waals surface area contributed by atoms with E-state index in [1.807, 2.05) is 32.0 Å². The molecule has 1 amide bonds. The second kappa shape index (κ2) is 7.87. The summed E-state index contributed by atoms with van der Waals surface area (Å²) in [6.45, 7) is 5.29. The van der Waals surface area contributed by atoms with Crippen molar-refractivity contribution >= 4 is 17.5 Å². The highest BCUT2D eigenvalue weighted by atomic mass is 35.5. The molecule has 1 N–H and O–H groups in total. The quantitative estimate of drug-likeness (QED) is 0.843. The molecule has 0 aliphatic carbocycles. The Morgan fingerprint density at radius 3 is 2.57 bits per heavy atom. The molecule has 0 spiro atoms. The highest BCUT2D eigenvalue weighted by Crippen LogP contribution is 2.28. The molecule has 0 atom stereocenters. The Morgan fingerprint density at radius 2 is 1.96 bits per heavy atom. The van der Waals surface area contributed by atoms with Crippen molar-refractivity contribution in [1.29, 1.82) is 0 Å². The summed E-state index contributed by atoms with van der Waals surface area (Å²) >= 11 is 5.96. The van der Waals surface area contributed by atoms with Gasteiger partial charge in [0.05, 0.1) is 24.4 Å². The van der Waals surface area contributed by atoms with E-state index in [2.05, 4.69) is 10.4 Å². The number of nitrogens with zero attached hydrogens (tertiary/aromatic N) is 2. The summed E-state index contributed by atoms with van der Waals surface area (Å²) in [6.07, 6.45) is 1.44. The first-order chi connectivity index (χ1) is 11.1. The number of ether oxygens (including phenoxy) is 2. The number of halogens is 1. The van der Waals surface area contributed by atoms with E-state index in [1.54, 1.807) is 7.05 Å². The molecule has 0 aliphatic rings. The molecule has 124 valence electrons. The van der Waals surface area contributed by atoms with Crippen LogP contribution in [0.4, 0.5) is 0 Å². The van der Waals surface area contributed by atoms with Crippen LogP contribution >= 0.6 is 11.6 Å². The molecule has 0 saturated heterocycles. The van der Waals surface area contributed by atoms with Crippen LogP contribution in [0.25, 0.3) is 0 Å². The number of amides is 1. The van der Waals surface area contributed by atoms with E-state index in [1.165, 1.54) is 10.9 Å². The first-order valence-electron chi connectivity index (χ1n) is 7.41. The number of nitrogens with one attached hydrogen (secondary N) is 1. The molecular formula is C16H20ClN3O3. The molecule has 1 heterocycles. The first kappa shape index (κ1) is 17.1. The number of hydrogen-bond acceptors (Lipinski definition) is 4. The van der Waals surface area contributed by atoms with Gasteiger partial charge in [0.2, 0.25) is 0 Å². The van der Waals surface area contributed by atoms with Crippen molar-refractivity contribution in [2.45, 2.75) is 20.4 Å². The fourth-order valence-corrected chi connectivity index (χ4v) is 2.39. The van der Waals surface area contributed by atoms with Gasteiger partial charge < -0.3 is 14.8 Å². The summed E-state index contributed by atoms with van der Waals surface area (Å²) in [5, 5.41) is 7.10. The molecular weight excluding hydrogens is 318 g/mol. The van der Waals surface area contributed by atoms with Gasteiger partial charge in [0.15, 0.2) is 11.5 Å². The number of aryl methyl sites for hydroxylation is 1. The maximum atomic E-state index is 12.2. The van der Waals surface area contributed by atoms with E-state index in [0.29, 0.717) is 42.0 Å². The molecule has 1 aromatic heterocycles. The molecule has 6 nitrogen and oxygen atoms in total. The smallest absolute Gasteiger partial charge is 0.271 e. The average Bonchev–Trinajstić information content (AvgIpc) is 2.86. The van der Waals surface area contributed by atoms with E-state index in [-0.39, 0.29) is 5.91 Å². The van der Waals surface area contributed by atoms with Gasteiger partial charge >= 0.3 is 0 Å². The zero-order valence-electron chi connectivity index (χ0n) is 13.4. The first-order valence-corrected chi connectivity index (χ1v) is 7.78. The van der Waals surface area contributed by atoms with Gasteiger partial charge in [-0.1, -0.05) is 17.7 Å². The minimum absolute atomic E-state index is 0.276. The van der Waals surface area contributed by atoms with Gasteiger partial charge in [-0.2, -0.15) is 5.10 Å². The Morgan fingerprint density at radius 1 is 1.26 bits per heavy atom. The van der Waals surface area contributed by atoms with Crippen molar-refractivity contribution < 1.29 is 14.3 Å². The lowest BCUT2D eigenvalue weighted by atomic mass is 10.2. The van der Waals surface area contributed by atoms with Gasteiger partial charge in [0.1, 0.15) is 5.69 Å². The Bertz CT molecular complexity index is 666. The molecule has 2 aromatic rings. The monoisotopic (exact) mass is 337 g/mol. The molecule has 0 radical (unpaired) electrons. The number of benzene rings is 1. The molecule has 7 heteroatoms. The lowest BCUT2D eigenvalue weighted by molar-refractivity contribution is 0.0941. The normalized spacial score (nSPS) is 10.4. The third-order valence-corrected chi connectivity index (χ3v) is 3.45. The van der Waals surface area contributed by atoms with Gasteiger partial charge in [0.25, 0.3) is 5.91 Å². The van der Waals surface area contributed by atoms with Gasteiger partial charge in [0, 0.05) is 13.6 Å². The SMILES string of the molecule is CCOc1ccc(CNC(=O)c2c(Cl)cnn2C)cc1OCC. The summed E-state index contributed by atoms with van der Waals surface area (Å²) in [5.41, 5.74) is 1.24. The maximum Gasteiger partial charge on any atom is 0.271 e. The fraction of sp³-hybridized carbons (Fsp3) is 0.375. The lowest BCUT2D eigenvalue weighted by Crippen LogP contribution is -2.25. The van der Waals surface area contributed by atoms with Crippen molar-refractivity contribution in [2.75, 3.05) is 13.2 Å². The summed E-state index contributed by atoms with van der Waals surface area (Å²) in [5.74, 6) is 1.08. The number of carbonyl (C=O) groups is 1. The highest BCUT2D eigenvalue weighted by molar-refractivity contribution is 6.33. The third kappa shape index (κ3) is 4.16. The van der Waals surface area contributed by atoms with Crippen molar-refractivity contribution in [2.24, 2.45) is 7.05 Å². The zero-order chi connectivity index (χ0) is 16.8. The van der Waals surface area contributed by atoms with Crippen LogP contribution < -0.4 is 14.8 Å². The van der Waals surface area contributed by atoms with E-state index < -0.39 is 0 Å². The number of carbonyl (C=O) groups excluding carboxylic acids is 1. The largest absolute Gasteiger partial charge is 0.490 e. The van der Waals surface area contributed by atoms with E-state index >= 15 is 0 Å². The molecule has 0 unspecified atom stereocenters. The molecule has 0 fully saturated rings. The summed E-state index contributed by atoms with van der Waals surface area (Å²) in [6, 6.07) is 5.59. The van der Waals surface area contributed by atoms with Crippen LogP contribution in [0.3, 0.4) is 0 Å². The molecule has 1 aromatic carbocycles. The highest BCUT2D eigenvalue weighted by Gasteiger charge is 2.15. The predicted molar refractivity (Wildman–Crippen MR) is 88.2 cm³/mol. The molecule has 23 heavy (non-hydrogen) atoms. The van der Waals surface area contributed by atoms with Crippen molar-refractivity contribution in [1.82, 2.24) is 15.1 Å². The van der Waals surface area contributed by atoms with Crippen LogP contribution in [0, 0.1) is 0 Å². The third-order valence-electron chi connectivity index (χ3n) is 3.17. The van der Waals surface area contributed by atoms with Gasteiger partial charge in [-0.05, 0) is 31.5 Å². The van der Waals surface area contributed by atoms with E-state index in [0.717, 1.165) is 5.56 Å². The van der Waals surface area contributed by atoms with Crippen LogP contribution in [0.1, 0.15) is 29.9 Å². The summed E-state index contributed by atoms with van der Waals surface area (Å²) < 4.78 is 12.5. The number of aromatic nitrogens is 2. The Balaban J connectivity index is 2.08. The second-order valence-corrected chi connectivity index (χ2v) is 5.20. The number of rotatable bonds is 7. The summed E-state index contributed by atoms with van der Waals surface area (Å²) in [7, 11) is 1.67. The van der Waals surface area contributed by atoms with Crippen molar-refractivity contribution in [3.8, 4) is 11.5 Å². The summed E-state index contributed by atoms with van der Waals surface area (Å²) in [4.78, 5) is 12.2. The minimum Gasteiger partial charge on any atom is -0.490 e. The van der Waals surface area contributed by atoms with Crippen LogP contribution in [0.2, 0.25) is 5.02 Å². The zero-order valence-corrected chi connectivity index (χ0v) is 14.2. The minimum atomic E-state index is -0.276. The van der Waals surface area contributed by atoms with Gasteiger partial charge in [-0.3, -0.25) is 9.48 Å². The van der Waals surface area contributed by atoms with Crippen LogP contribution in [-0.4, -0.2) is 28.9 Å². The van der Waals surface area contributed by atoms with Gasteiger partial charge in [-0.25, -0.2) is 0 Å². The van der Waals surface area contributed by atoms with Crippen molar-refractivity contribution in [3.05, 3.63) is 40.7 Å². The Kier molecular flexibility index (Phi) is 5.87. The van der Waals surface area contributed by atoms with Gasteiger partial charge in [-0.15, -0.1) is 0 Å². The molecule has 2 rings (SSSR count). The second-order valence-electron chi connectivity index (χ2n) is 4.79. The topological polar surface area (TPSA) is 65.4 Å². The molecule has 0 bridgehead atoms. The Labute approximate surface area is 140 Å². The Hall–Kier alpha value is -2.21.